The van der Waals surface area contributed by atoms with Crippen molar-refractivity contribution >= 4 is 34.5 Å². The molecule has 0 spiro atoms. The van der Waals surface area contributed by atoms with Crippen molar-refractivity contribution in [3.63, 3.8) is 0 Å². The van der Waals surface area contributed by atoms with Crippen molar-refractivity contribution in [1.29, 1.82) is 0 Å². The summed E-state index contributed by atoms with van der Waals surface area (Å²) in [6.07, 6.45) is 0. The number of hydrogen-bond donors (Lipinski definition) is 2. The lowest BCUT2D eigenvalue weighted by Gasteiger charge is -2.01. The van der Waals surface area contributed by atoms with Crippen molar-refractivity contribution in [1.82, 2.24) is 0 Å². The third kappa shape index (κ3) is 1.97. The molecule has 0 fully saturated rings. The van der Waals surface area contributed by atoms with E-state index in [4.69, 9.17) is 10.2 Å². The molecule has 0 saturated heterocycles. The van der Waals surface area contributed by atoms with Crippen molar-refractivity contribution in [2.24, 2.45) is 0 Å². The summed E-state index contributed by atoms with van der Waals surface area (Å²) in [6, 6.07) is 4.15. The summed E-state index contributed by atoms with van der Waals surface area (Å²) in [5.74, 6) is -2.24. The van der Waals surface area contributed by atoms with Crippen LogP contribution in [0.25, 0.3) is 0 Å². The SMILES string of the molecule is O=C(O)c1cccc(C(=O)O)c1I. The average molecular weight is 292 g/mol. The van der Waals surface area contributed by atoms with Gasteiger partial charge in [0.25, 0.3) is 0 Å². The molecule has 1 aromatic rings. The second-order valence-electron chi connectivity index (χ2n) is 2.28. The van der Waals surface area contributed by atoms with E-state index >= 15 is 0 Å². The van der Waals surface area contributed by atoms with Crippen LogP contribution in [0.4, 0.5) is 0 Å². The highest BCUT2D eigenvalue weighted by atomic mass is 127. The lowest BCUT2D eigenvalue weighted by Crippen LogP contribution is -2.06. The minimum atomic E-state index is -1.12. The van der Waals surface area contributed by atoms with E-state index in [1.807, 2.05) is 0 Å². The number of aromatic carboxylic acids is 2. The van der Waals surface area contributed by atoms with E-state index < -0.39 is 11.9 Å². The lowest BCUT2D eigenvalue weighted by atomic mass is 10.1. The van der Waals surface area contributed by atoms with Gasteiger partial charge in [0, 0.05) is 3.57 Å². The van der Waals surface area contributed by atoms with Gasteiger partial charge in [-0.2, -0.15) is 0 Å². The number of hydrogen-bond acceptors (Lipinski definition) is 2. The molecule has 0 aromatic heterocycles. The van der Waals surface area contributed by atoms with Gasteiger partial charge in [0.2, 0.25) is 0 Å². The van der Waals surface area contributed by atoms with Crippen molar-refractivity contribution in [2.75, 3.05) is 0 Å². The van der Waals surface area contributed by atoms with Crippen molar-refractivity contribution in [2.45, 2.75) is 0 Å². The number of carbonyl (C=O) groups is 2. The molecule has 4 nitrogen and oxygen atoms in total. The van der Waals surface area contributed by atoms with Crippen LogP contribution in [0.5, 0.6) is 0 Å². The van der Waals surface area contributed by atoms with Gasteiger partial charge in [-0.3, -0.25) is 0 Å². The summed E-state index contributed by atoms with van der Waals surface area (Å²) in [5, 5.41) is 17.3. The van der Waals surface area contributed by atoms with Gasteiger partial charge in [0.1, 0.15) is 0 Å². The molecule has 68 valence electrons. The molecule has 0 saturated carbocycles. The Labute approximate surface area is 87.3 Å². The monoisotopic (exact) mass is 292 g/mol. The van der Waals surface area contributed by atoms with Crippen LogP contribution in [0, 0.1) is 3.57 Å². The molecule has 2 N–H and O–H groups in total. The molecule has 1 rings (SSSR count). The van der Waals surface area contributed by atoms with E-state index in [1.165, 1.54) is 18.2 Å². The summed E-state index contributed by atoms with van der Waals surface area (Å²) < 4.78 is 0.250. The van der Waals surface area contributed by atoms with Gasteiger partial charge in [0.15, 0.2) is 0 Å². The Morgan fingerprint density at radius 3 is 1.77 bits per heavy atom. The first-order valence-corrected chi connectivity index (χ1v) is 4.37. The van der Waals surface area contributed by atoms with Crippen LogP contribution in [0.1, 0.15) is 20.7 Å². The first kappa shape index (κ1) is 9.97. The molecule has 0 aliphatic rings. The molecular weight excluding hydrogens is 287 g/mol. The number of halogens is 1. The Hall–Kier alpha value is -1.11. The van der Waals surface area contributed by atoms with Crippen molar-refractivity contribution < 1.29 is 19.8 Å². The molecule has 0 unspecified atom stereocenters. The van der Waals surface area contributed by atoms with Crippen molar-refractivity contribution in [3.8, 4) is 0 Å². The molecule has 0 aliphatic carbocycles. The fraction of sp³-hybridized carbons (Fsp3) is 0. The Kier molecular flexibility index (Phi) is 2.86. The minimum absolute atomic E-state index is 0.0144. The van der Waals surface area contributed by atoms with E-state index in [2.05, 4.69) is 0 Å². The van der Waals surface area contributed by atoms with E-state index in [-0.39, 0.29) is 14.7 Å². The molecule has 0 aliphatic heterocycles. The summed E-state index contributed by atoms with van der Waals surface area (Å²) in [7, 11) is 0. The molecule has 0 heterocycles. The molecule has 0 atom stereocenters. The van der Waals surface area contributed by atoms with Crippen LogP contribution in [0.2, 0.25) is 0 Å². The quantitative estimate of drug-likeness (QED) is 0.813. The maximum Gasteiger partial charge on any atom is 0.336 e. The zero-order chi connectivity index (χ0) is 10.0. The Morgan fingerprint density at radius 1 is 1.08 bits per heavy atom. The minimum Gasteiger partial charge on any atom is -0.478 e. The van der Waals surface area contributed by atoms with Crippen molar-refractivity contribution in [3.05, 3.63) is 32.9 Å². The standard InChI is InChI=1S/C8H5IO4/c9-6-4(7(10)11)2-1-3-5(6)8(12)13/h1-3H,(H,10,11)(H,12,13). The van der Waals surface area contributed by atoms with Crippen LogP contribution >= 0.6 is 22.6 Å². The van der Waals surface area contributed by atoms with Gasteiger partial charge in [0.05, 0.1) is 11.1 Å². The predicted octanol–water partition coefficient (Wildman–Crippen LogP) is 1.69. The Balaban J connectivity index is 3.35. The molecule has 0 amide bonds. The smallest absolute Gasteiger partial charge is 0.336 e. The van der Waals surface area contributed by atoms with E-state index in [0.29, 0.717) is 0 Å². The summed E-state index contributed by atoms with van der Waals surface area (Å²) in [6.45, 7) is 0. The van der Waals surface area contributed by atoms with Gasteiger partial charge < -0.3 is 10.2 Å². The van der Waals surface area contributed by atoms with Crippen LogP contribution in [0.15, 0.2) is 18.2 Å². The van der Waals surface area contributed by atoms with E-state index in [0.717, 1.165) is 0 Å². The van der Waals surface area contributed by atoms with Gasteiger partial charge in [-0.05, 0) is 34.7 Å². The van der Waals surface area contributed by atoms with Gasteiger partial charge >= 0.3 is 11.9 Å². The highest BCUT2D eigenvalue weighted by Crippen LogP contribution is 2.17. The van der Waals surface area contributed by atoms with Gasteiger partial charge in [-0.15, -0.1) is 0 Å². The van der Waals surface area contributed by atoms with E-state index in [1.54, 1.807) is 22.6 Å². The molecule has 0 radical (unpaired) electrons. The van der Waals surface area contributed by atoms with Crippen LogP contribution in [-0.2, 0) is 0 Å². The molecule has 1 aromatic carbocycles. The zero-order valence-corrected chi connectivity index (χ0v) is 8.48. The fourth-order valence-electron chi connectivity index (χ4n) is 0.862. The lowest BCUT2D eigenvalue weighted by molar-refractivity contribution is 0.0695. The third-order valence-electron chi connectivity index (χ3n) is 1.46. The summed E-state index contributed by atoms with van der Waals surface area (Å²) >= 11 is 1.71. The Morgan fingerprint density at radius 2 is 1.46 bits per heavy atom. The van der Waals surface area contributed by atoms with Crippen LogP contribution < -0.4 is 0 Å². The highest BCUT2D eigenvalue weighted by Gasteiger charge is 2.14. The number of benzene rings is 1. The molecule has 5 heteroatoms. The Bertz CT molecular complexity index is 340. The fourth-order valence-corrected chi connectivity index (χ4v) is 1.68. The molecule has 0 bridgehead atoms. The maximum absolute atomic E-state index is 10.6. The van der Waals surface area contributed by atoms with E-state index in [9.17, 15) is 9.59 Å². The summed E-state index contributed by atoms with van der Waals surface area (Å²) in [5.41, 5.74) is 0.0287. The average Bonchev–Trinajstić information content (AvgIpc) is 2.03. The second kappa shape index (κ2) is 3.73. The number of carboxylic acid groups (broad SMARTS) is 2. The summed E-state index contributed by atoms with van der Waals surface area (Å²) in [4.78, 5) is 21.2. The normalized spacial score (nSPS) is 9.62. The largest absolute Gasteiger partial charge is 0.478 e. The zero-order valence-electron chi connectivity index (χ0n) is 6.32. The van der Waals surface area contributed by atoms with Crippen LogP contribution in [0.3, 0.4) is 0 Å². The second-order valence-corrected chi connectivity index (χ2v) is 3.36. The predicted molar refractivity (Wildman–Crippen MR) is 53.1 cm³/mol. The van der Waals surface area contributed by atoms with Crippen LogP contribution in [-0.4, -0.2) is 22.2 Å². The van der Waals surface area contributed by atoms with Gasteiger partial charge in [-0.25, -0.2) is 9.59 Å². The third-order valence-corrected chi connectivity index (χ3v) is 2.62. The topological polar surface area (TPSA) is 74.6 Å². The van der Waals surface area contributed by atoms with Gasteiger partial charge in [-0.1, -0.05) is 6.07 Å². The first-order valence-electron chi connectivity index (χ1n) is 3.29. The maximum atomic E-state index is 10.6. The first-order chi connectivity index (χ1) is 6.04. The molecular formula is C8H5IO4. The highest BCUT2D eigenvalue weighted by molar-refractivity contribution is 14.1. The number of carboxylic acids is 2. The molecule has 13 heavy (non-hydrogen) atoms. The number of rotatable bonds is 2.